The summed E-state index contributed by atoms with van der Waals surface area (Å²) in [6.45, 7) is 9.65. The van der Waals surface area contributed by atoms with Gasteiger partial charge in [-0.3, -0.25) is 4.79 Å². The van der Waals surface area contributed by atoms with Gasteiger partial charge in [0.05, 0.1) is 43.2 Å². The summed E-state index contributed by atoms with van der Waals surface area (Å²) in [4.78, 5) is 11.0. The molecule has 1 amide bonds. The Hall–Kier alpha value is -1.21. The first-order valence-electron chi connectivity index (χ1n) is 9.42. The minimum absolute atomic E-state index is 0.0442. The van der Waals surface area contributed by atoms with Crippen molar-refractivity contribution >= 4 is 5.91 Å². The summed E-state index contributed by atoms with van der Waals surface area (Å²) in [7, 11) is 0. The van der Waals surface area contributed by atoms with Crippen molar-refractivity contribution < 1.29 is 23.7 Å². The van der Waals surface area contributed by atoms with Crippen LogP contribution in [0.1, 0.15) is 47.0 Å². The molecule has 6 nitrogen and oxygen atoms in total. The number of carbonyl (C=O) groups excluding carboxylic acids is 1. The average molecular weight is 365 g/mol. The molecule has 0 aromatic rings. The molecule has 0 aromatic heterocycles. The third-order valence-electron chi connectivity index (χ3n) is 4.92. The monoisotopic (exact) mass is 365 g/mol. The van der Waals surface area contributed by atoms with Crippen LogP contribution in [0.3, 0.4) is 0 Å². The van der Waals surface area contributed by atoms with Gasteiger partial charge in [-0.1, -0.05) is 23.8 Å². The maximum Gasteiger partial charge on any atom is 0.217 e. The second kappa shape index (κ2) is 7.80. The third kappa shape index (κ3) is 5.64. The number of epoxide rings is 1. The summed E-state index contributed by atoms with van der Waals surface area (Å²) >= 11 is 0. The van der Waals surface area contributed by atoms with Crippen LogP contribution in [0, 0.1) is 0 Å². The predicted molar refractivity (Wildman–Crippen MR) is 97.7 cm³/mol. The van der Waals surface area contributed by atoms with E-state index in [-0.39, 0.29) is 35.5 Å². The van der Waals surface area contributed by atoms with Crippen molar-refractivity contribution in [3.05, 3.63) is 23.8 Å². The largest absolute Gasteiger partial charge is 0.369 e. The molecule has 1 spiro atoms. The van der Waals surface area contributed by atoms with Gasteiger partial charge in [-0.25, -0.2) is 0 Å². The van der Waals surface area contributed by atoms with Gasteiger partial charge in [0.1, 0.15) is 0 Å². The van der Waals surface area contributed by atoms with Gasteiger partial charge >= 0.3 is 0 Å². The van der Waals surface area contributed by atoms with Gasteiger partial charge in [0.25, 0.3) is 0 Å². The first-order chi connectivity index (χ1) is 12.3. The highest BCUT2D eigenvalue weighted by molar-refractivity contribution is 5.73. The number of ether oxygens (including phenoxy) is 4. The van der Waals surface area contributed by atoms with E-state index < -0.39 is 0 Å². The molecule has 0 aromatic carbocycles. The van der Waals surface area contributed by atoms with Crippen molar-refractivity contribution in [1.82, 2.24) is 5.32 Å². The SMILES string of the molecule is CC(=O)NC1COC(CC=C(C)C=C[C@@H]2C[C@]3(CO3)CC(C)(C)O2)OC1. The summed E-state index contributed by atoms with van der Waals surface area (Å²) in [5.74, 6) is -0.0620. The number of carbonyl (C=O) groups is 1. The molecule has 3 aliphatic heterocycles. The molecular weight excluding hydrogens is 334 g/mol. The Balaban J connectivity index is 1.44. The van der Waals surface area contributed by atoms with Crippen LogP contribution in [0.25, 0.3) is 0 Å². The first kappa shape index (κ1) is 19.5. The predicted octanol–water partition coefficient (Wildman–Crippen LogP) is 2.48. The standard InChI is InChI=1S/C20H31NO5/c1-14(6-8-18-23-10-16(11-24-18)21-15(2)22)5-7-17-9-20(13-25-20)12-19(3,4)26-17/h5-7,16-18H,8-13H2,1-4H3,(H,21,22)/t16?,17-,18?,20-/m1/s1. The van der Waals surface area contributed by atoms with Crippen LogP contribution < -0.4 is 5.32 Å². The second-order valence-corrected chi connectivity index (χ2v) is 8.31. The van der Waals surface area contributed by atoms with Crippen LogP contribution in [0.2, 0.25) is 0 Å². The molecule has 0 aliphatic carbocycles. The average Bonchev–Trinajstić information content (AvgIpc) is 3.28. The Bertz CT molecular complexity index is 565. The summed E-state index contributed by atoms with van der Waals surface area (Å²) in [5.41, 5.74) is 1.05. The van der Waals surface area contributed by atoms with Gasteiger partial charge in [0.2, 0.25) is 5.91 Å². The van der Waals surface area contributed by atoms with Crippen molar-refractivity contribution in [3.8, 4) is 0 Å². The van der Waals surface area contributed by atoms with Gasteiger partial charge in [0, 0.05) is 26.2 Å². The van der Waals surface area contributed by atoms with E-state index in [9.17, 15) is 4.79 Å². The topological polar surface area (TPSA) is 69.3 Å². The van der Waals surface area contributed by atoms with E-state index in [4.69, 9.17) is 18.9 Å². The number of hydrogen-bond donors (Lipinski definition) is 1. The zero-order valence-corrected chi connectivity index (χ0v) is 16.2. The lowest BCUT2D eigenvalue weighted by atomic mass is 9.85. The van der Waals surface area contributed by atoms with Crippen LogP contribution >= 0.6 is 0 Å². The smallest absolute Gasteiger partial charge is 0.217 e. The van der Waals surface area contributed by atoms with Gasteiger partial charge in [0.15, 0.2) is 6.29 Å². The fourth-order valence-electron chi connectivity index (χ4n) is 3.80. The van der Waals surface area contributed by atoms with E-state index in [1.807, 2.05) is 0 Å². The van der Waals surface area contributed by atoms with E-state index >= 15 is 0 Å². The Morgan fingerprint density at radius 3 is 2.54 bits per heavy atom. The quantitative estimate of drug-likeness (QED) is 0.599. The zero-order valence-electron chi connectivity index (χ0n) is 16.2. The molecule has 0 saturated carbocycles. The number of rotatable bonds is 5. The molecule has 146 valence electrons. The number of hydrogen-bond acceptors (Lipinski definition) is 5. The zero-order chi connectivity index (χ0) is 18.8. The van der Waals surface area contributed by atoms with E-state index in [1.165, 1.54) is 6.92 Å². The van der Waals surface area contributed by atoms with Gasteiger partial charge in [-0.05, 0) is 20.8 Å². The molecule has 6 heteroatoms. The van der Waals surface area contributed by atoms with E-state index in [2.05, 4.69) is 44.3 Å². The molecule has 3 fully saturated rings. The lowest BCUT2D eigenvalue weighted by Gasteiger charge is -2.38. The Morgan fingerprint density at radius 1 is 1.23 bits per heavy atom. The summed E-state index contributed by atoms with van der Waals surface area (Å²) in [6, 6.07) is -0.0579. The molecule has 3 rings (SSSR count). The number of amides is 1. The van der Waals surface area contributed by atoms with Crippen LogP contribution in [0.5, 0.6) is 0 Å². The van der Waals surface area contributed by atoms with Crippen LogP contribution in [0.4, 0.5) is 0 Å². The van der Waals surface area contributed by atoms with Gasteiger partial charge in [-0.15, -0.1) is 0 Å². The molecule has 0 unspecified atom stereocenters. The van der Waals surface area contributed by atoms with E-state index in [1.54, 1.807) is 0 Å². The highest BCUT2D eigenvalue weighted by atomic mass is 16.7. The van der Waals surface area contributed by atoms with Crippen molar-refractivity contribution in [2.24, 2.45) is 0 Å². The van der Waals surface area contributed by atoms with Crippen LogP contribution in [-0.2, 0) is 23.7 Å². The highest BCUT2D eigenvalue weighted by Gasteiger charge is 2.53. The van der Waals surface area contributed by atoms with Crippen LogP contribution in [0.15, 0.2) is 23.8 Å². The summed E-state index contributed by atoms with van der Waals surface area (Å²) in [5, 5.41) is 2.80. The lowest BCUT2D eigenvalue weighted by Crippen LogP contribution is -2.46. The molecule has 26 heavy (non-hydrogen) atoms. The van der Waals surface area contributed by atoms with Gasteiger partial charge in [-0.2, -0.15) is 0 Å². The summed E-state index contributed by atoms with van der Waals surface area (Å²) in [6.07, 6.45) is 8.76. The fourth-order valence-corrected chi connectivity index (χ4v) is 3.80. The van der Waals surface area contributed by atoms with E-state index in [0.717, 1.165) is 25.0 Å². The molecule has 3 heterocycles. The minimum Gasteiger partial charge on any atom is -0.369 e. The van der Waals surface area contributed by atoms with Crippen LogP contribution in [-0.4, -0.2) is 55.4 Å². The second-order valence-electron chi connectivity index (χ2n) is 8.31. The maximum absolute atomic E-state index is 11.0. The Morgan fingerprint density at radius 2 is 1.92 bits per heavy atom. The molecule has 1 N–H and O–H groups in total. The third-order valence-corrected chi connectivity index (χ3v) is 4.92. The van der Waals surface area contributed by atoms with Crippen molar-refractivity contribution in [2.45, 2.75) is 76.6 Å². The van der Waals surface area contributed by atoms with Crippen molar-refractivity contribution in [1.29, 1.82) is 0 Å². The van der Waals surface area contributed by atoms with Crippen molar-refractivity contribution in [2.75, 3.05) is 19.8 Å². The van der Waals surface area contributed by atoms with E-state index in [0.29, 0.717) is 19.6 Å². The molecule has 0 radical (unpaired) electrons. The molecular formula is C20H31NO5. The number of allylic oxidation sites excluding steroid dienone is 2. The normalized spacial score (nSPS) is 37.1. The van der Waals surface area contributed by atoms with Gasteiger partial charge < -0.3 is 24.3 Å². The fraction of sp³-hybridized carbons (Fsp3) is 0.750. The highest BCUT2D eigenvalue weighted by Crippen LogP contribution is 2.46. The Kier molecular flexibility index (Phi) is 5.87. The first-order valence-corrected chi connectivity index (χ1v) is 9.42. The Labute approximate surface area is 155 Å². The summed E-state index contributed by atoms with van der Waals surface area (Å²) < 4.78 is 23.1. The molecule has 2 atom stereocenters. The number of nitrogens with one attached hydrogen (secondary N) is 1. The molecule has 3 aliphatic rings. The molecule has 0 bridgehead atoms. The van der Waals surface area contributed by atoms with Crippen molar-refractivity contribution in [3.63, 3.8) is 0 Å². The maximum atomic E-state index is 11.0. The lowest BCUT2D eigenvalue weighted by molar-refractivity contribution is -0.188. The molecule has 3 saturated heterocycles. The minimum atomic E-state index is -0.253.